The van der Waals surface area contributed by atoms with Crippen molar-refractivity contribution in [1.29, 1.82) is 0 Å². The number of hydrogen-bond acceptors (Lipinski definition) is 9. The van der Waals surface area contributed by atoms with Crippen molar-refractivity contribution in [1.82, 2.24) is 15.0 Å². The quantitative estimate of drug-likeness (QED) is 0.0576. The van der Waals surface area contributed by atoms with Gasteiger partial charge in [0.15, 0.2) is 16.8 Å². The van der Waals surface area contributed by atoms with Crippen LogP contribution in [0.5, 0.6) is 0 Å². The summed E-state index contributed by atoms with van der Waals surface area (Å²) in [6.45, 7) is 0.229. The first kappa shape index (κ1) is 34.3. The number of rotatable bonds is 18. The highest BCUT2D eigenvalue weighted by atomic mass is 32.2. The van der Waals surface area contributed by atoms with Crippen molar-refractivity contribution in [2.24, 2.45) is 28.1 Å². The van der Waals surface area contributed by atoms with E-state index in [1.54, 1.807) is 30.3 Å². The summed E-state index contributed by atoms with van der Waals surface area (Å²) in [5, 5.41) is 3.03. The van der Waals surface area contributed by atoms with E-state index in [1.165, 1.54) is 11.3 Å². The number of nitrogens with two attached hydrogens (primary N) is 3. The number of hydrogen-bond donors (Lipinski definition) is 5. The molecule has 3 aromatic rings. The number of carbonyl (C=O) groups excluding carboxylic acids is 4. The number of amides is 2. The first-order valence-electron chi connectivity index (χ1n) is 13.9. The molecule has 0 saturated heterocycles. The molecule has 3 atom stereocenters. The van der Waals surface area contributed by atoms with Gasteiger partial charge in [-0.3, -0.25) is 24.2 Å². The predicted molar refractivity (Wildman–Crippen MR) is 169 cm³/mol. The zero-order valence-corrected chi connectivity index (χ0v) is 25.9. The first-order chi connectivity index (χ1) is 20.8. The third-order valence-corrected chi connectivity index (χ3v) is 8.41. The van der Waals surface area contributed by atoms with Crippen molar-refractivity contribution in [2.45, 2.75) is 50.6 Å². The van der Waals surface area contributed by atoms with E-state index in [4.69, 9.17) is 17.2 Å². The number of aromatic nitrogens is 1. The van der Waals surface area contributed by atoms with E-state index in [9.17, 15) is 27.6 Å². The monoisotopic (exact) mass is 643 g/mol. The number of Topliss-reactive ketones (excluding diaryl/α,β-unsaturated/α-hetero) is 2. The van der Waals surface area contributed by atoms with E-state index in [2.05, 4.69) is 20.0 Å². The Balaban J connectivity index is 1.88. The highest BCUT2D eigenvalue weighted by Gasteiger charge is 2.32. The number of fused-ring (bicyclic) bond motifs is 1. The molecule has 0 aliphatic carbocycles. The lowest BCUT2D eigenvalue weighted by atomic mass is 9.90. The molecule has 0 fully saturated rings. The molecule has 3 rings (SSSR count). The Labute approximate surface area is 259 Å². The predicted octanol–water partition coefficient (Wildman–Crippen LogP) is 1.02. The van der Waals surface area contributed by atoms with Crippen LogP contribution in [0, 0.1) is 5.92 Å². The van der Waals surface area contributed by atoms with Gasteiger partial charge in [0.1, 0.15) is 0 Å². The van der Waals surface area contributed by atoms with Gasteiger partial charge >= 0.3 is 0 Å². The maximum atomic E-state index is 13.8. The van der Waals surface area contributed by atoms with E-state index in [-0.39, 0.29) is 49.6 Å². The van der Waals surface area contributed by atoms with Gasteiger partial charge in [0.2, 0.25) is 27.6 Å². The van der Waals surface area contributed by atoms with Crippen molar-refractivity contribution < 1.29 is 27.6 Å². The number of guanidine groups is 1. The van der Waals surface area contributed by atoms with Crippen molar-refractivity contribution in [3.8, 4) is 0 Å². The van der Waals surface area contributed by atoms with Crippen LogP contribution in [0.1, 0.15) is 47.5 Å². The highest BCUT2D eigenvalue weighted by molar-refractivity contribution is 7.88. The van der Waals surface area contributed by atoms with E-state index >= 15 is 0 Å². The third kappa shape index (κ3) is 11.1. The fourth-order valence-electron chi connectivity index (χ4n) is 4.56. The van der Waals surface area contributed by atoms with E-state index in [0.29, 0.717) is 11.9 Å². The van der Waals surface area contributed by atoms with Gasteiger partial charge in [0, 0.05) is 25.3 Å². The Bertz CT molecular complexity index is 1570. The summed E-state index contributed by atoms with van der Waals surface area (Å²) in [6, 6.07) is 14.0. The van der Waals surface area contributed by atoms with Gasteiger partial charge in [0.25, 0.3) is 0 Å². The molecular formula is C29H37N7O6S2. The molecule has 15 heteroatoms. The van der Waals surface area contributed by atoms with Crippen LogP contribution in [0.3, 0.4) is 0 Å². The highest BCUT2D eigenvalue weighted by Crippen LogP contribution is 2.24. The molecule has 0 bridgehead atoms. The molecule has 1 aromatic heterocycles. The molecule has 1 unspecified atom stereocenters. The van der Waals surface area contributed by atoms with Gasteiger partial charge in [-0.25, -0.2) is 18.1 Å². The van der Waals surface area contributed by atoms with Crippen LogP contribution < -0.4 is 27.2 Å². The molecule has 0 saturated carbocycles. The summed E-state index contributed by atoms with van der Waals surface area (Å²) >= 11 is 1.21. The van der Waals surface area contributed by atoms with Gasteiger partial charge in [0.05, 0.1) is 28.6 Å². The molecule has 0 spiro atoms. The summed E-state index contributed by atoms with van der Waals surface area (Å²) in [4.78, 5) is 60.6. The molecule has 13 nitrogen and oxygen atoms in total. The fraction of sp³-hybridized carbons (Fsp3) is 0.379. The summed E-state index contributed by atoms with van der Waals surface area (Å²) in [5.41, 5.74) is 17.5. The largest absolute Gasteiger partial charge is 0.370 e. The van der Waals surface area contributed by atoms with E-state index in [0.717, 1.165) is 16.5 Å². The average Bonchev–Trinajstić information content (AvgIpc) is 3.40. The molecule has 2 aromatic carbocycles. The smallest absolute Gasteiger partial charge is 0.224 e. The number of benzene rings is 2. The van der Waals surface area contributed by atoms with E-state index in [1.807, 2.05) is 24.3 Å². The number of thiazole rings is 1. The topological polar surface area (TPSA) is 230 Å². The molecule has 1 heterocycles. The average molecular weight is 644 g/mol. The number of primary amides is 1. The minimum absolute atomic E-state index is 0.0990. The molecule has 0 radical (unpaired) electrons. The second-order valence-electron chi connectivity index (χ2n) is 10.4. The Kier molecular flexibility index (Phi) is 12.5. The molecule has 0 aliphatic rings. The normalized spacial score (nSPS) is 13.5. The van der Waals surface area contributed by atoms with Gasteiger partial charge in [-0.15, -0.1) is 11.3 Å². The molecule has 236 valence electrons. The lowest BCUT2D eigenvalue weighted by molar-refractivity contribution is -0.130. The van der Waals surface area contributed by atoms with Crippen molar-refractivity contribution in [3.63, 3.8) is 0 Å². The second-order valence-corrected chi connectivity index (χ2v) is 13.2. The third-order valence-electron chi connectivity index (χ3n) is 6.65. The Hall–Kier alpha value is -4.21. The van der Waals surface area contributed by atoms with Crippen LogP contribution >= 0.6 is 11.3 Å². The zero-order chi connectivity index (χ0) is 32.3. The van der Waals surface area contributed by atoms with Crippen molar-refractivity contribution in [2.75, 3.05) is 12.8 Å². The van der Waals surface area contributed by atoms with Crippen LogP contribution in [-0.2, 0) is 30.8 Å². The minimum Gasteiger partial charge on any atom is -0.370 e. The second kappa shape index (κ2) is 16.0. The van der Waals surface area contributed by atoms with Crippen LogP contribution in [0.15, 0.2) is 59.6 Å². The number of carbonyl (C=O) groups is 4. The van der Waals surface area contributed by atoms with Crippen molar-refractivity contribution >= 4 is 60.9 Å². The summed E-state index contributed by atoms with van der Waals surface area (Å²) < 4.78 is 27.0. The van der Waals surface area contributed by atoms with Crippen LogP contribution in [0.2, 0.25) is 0 Å². The fourth-order valence-corrected chi connectivity index (χ4v) is 6.29. The summed E-state index contributed by atoms with van der Waals surface area (Å²) in [7, 11) is -3.82. The van der Waals surface area contributed by atoms with Crippen LogP contribution in [0.25, 0.3) is 10.2 Å². The molecule has 0 aliphatic heterocycles. The summed E-state index contributed by atoms with van der Waals surface area (Å²) in [5.74, 6) is -3.32. The lowest BCUT2D eigenvalue weighted by Crippen LogP contribution is -2.46. The lowest BCUT2D eigenvalue weighted by Gasteiger charge is -2.23. The molecule has 8 N–H and O–H groups in total. The Morgan fingerprint density at radius 1 is 0.955 bits per heavy atom. The molecule has 2 amide bonds. The number of para-hydroxylation sites is 1. The van der Waals surface area contributed by atoms with Gasteiger partial charge in [-0.1, -0.05) is 42.5 Å². The standard InChI is InChI=1S/C29H37N7O6S2/c1-44(41,42)36-20(13-14-25(30)38)23(37)17-19(16-18-8-3-2-4-9-18)27(40)34-22(11-7-15-33-29(31)32)26(39)28-35-21-10-5-6-12-24(21)43-28/h2-6,8-10,12,19-20,22,36H,7,11,13-17H2,1H3,(H2,30,38)(H,34,40)(H4,31,32,33)/t19-,20+,22?/m1/s1. The van der Waals surface area contributed by atoms with Crippen LogP contribution in [-0.4, -0.2) is 67.6 Å². The molecular weight excluding hydrogens is 606 g/mol. The number of sulfonamides is 1. The SMILES string of the molecule is CS(=O)(=O)N[C@@H](CCC(N)=O)C(=O)C[C@@H](Cc1ccccc1)C(=O)NC(CCCN=C(N)N)C(=O)c1nc2ccccc2s1. The zero-order valence-electron chi connectivity index (χ0n) is 24.3. The van der Waals surface area contributed by atoms with Gasteiger partial charge < -0.3 is 22.5 Å². The number of ketones is 2. The maximum Gasteiger partial charge on any atom is 0.224 e. The van der Waals surface area contributed by atoms with Gasteiger partial charge in [-0.2, -0.15) is 0 Å². The molecule has 44 heavy (non-hydrogen) atoms. The maximum absolute atomic E-state index is 13.8. The Morgan fingerprint density at radius 2 is 1.64 bits per heavy atom. The Morgan fingerprint density at radius 3 is 2.27 bits per heavy atom. The van der Waals surface area contributed by atoms with Crippen molar-refractivity contribution in [3.05, 3.63) is 65.2 Å². The number of nitrogens with zero attached hydrogens (tertiary/aromatic N) is 2. The first-order valence-corrected chi connectivity index (χ1v) is 16.6. The van der Waals surface area contributed by atoms with E-state index < -0.39 is 51.4 Å². The number of aliphatic imine (C=N–C) groups is 1. The minimum atomic E-state index is -3.82. The number of nitrogens with one attached hydrogen (secondary N) is 2. The summed E-state index contributed by atoms with van der Waals surface area (Å²) in [6.07, 6.45) is 0.841. The van der Waals surface area contributed by atoms with Crippen LogP contribution in [0.4, 0.5) is 0 Å². The van der Waals surface area contributed by atoms with Gasteiger partial charge in [-0.05, 0) is 43.4 Å².